The number of carboxylic acid groups (broad SMARTS) is 1. The summed E-state index contributed by atoms with van der Waals surface area (Å²) < 4.78 is 4.03. The quantitative estimate of drug-likeness (QED) is 0.310. The molecule has 0 radical (unpaired) electrons. The van der Waals surface area contributed by atoms with Crippen molar-refractivity contribution in [3.63, 3.8) is 0 Å². The summed E-state index contributed by atoms with van der Waals surface area (Å²) in [4.78, 5) is 14.9. The van der Waals surface area contributed by atoms with Crippen molar-refractivity contribution in [3.8, 4) is 0 Å². The minimum atomic E-state index is -0.758. The number of benzene rings is 1. The zero-order valence-corrected chi connectivity index (χ0v) is 18.3. The van der Waals surface area contributed by atoms with Gasteiger partial charge in [0.25, 0.3) is 0 Å². The van der Waals surface area contributed by atoms with Crippen LogP contribution in [0.3, 0.4) is 0 Å². The van der Waals surface area contributed by atoms with Gasteiger partial charge in [-0.15, -0.1) is 0 Å². The number of H-pyrrole nitrogens is 1. The Morgan fingerprint density at radius 2 is 1.90 bits per heavy atom. The number of aromatic nitrogens is 1. The zero-order valence-electron chi connectivity index (χ0n) is 11.9. The van der Waals surface area contributed by atoms with Gasteiger partial charge in [-0.25, -0.2) is 4.79 Å². The van der Waals surface area contributed by atoms with Crippen molar-refractivity contribution in [2.24, 2.45) is 0 Å². The van der Waals surface area contributed by atoms with E-state index in [2.05, 4.69) is 78.8 Å². The minimum absolute atomic E-state index is 0.403. The van der Waals surface area contributed by atoms with Crippen molar-refractivity contribution < 1.29 is 14.4 Å². The monoisotopic (exact) mass is 625 g/mol. The van der Waals surface area contributed by atoms with Crippen LogP contribution in [0, 0.1) is 10.7 Å². The third-order valence-corrected chi connectivity index (χ3v) is 8.65. The van der Waals surface area contributed by atoms with Gasteiger partial charge in [-0.3, -0.25) is 0 Å². The van der Waals surface area contributed by atoms with Crippen molar-refractivity contribution in [3.05, 3.63) is 28.5 Å². The molecular formula is C14H16I3N2O2+. The number of carboxylic acids is 1. The highest BCUT2D eigenvalue weighted by atomic mass is 127. The smallest absolute Gasteiger partial charge is 0.362 e. The van der Waals surface area contributed by atoms with E-state index in [9.17, 15) is 9.90 Å². The van der Waals surface area contributed by atoms with Crippen LogP contribution >= 0.6 is 67.8 Å². The standard InChI is InChI=1S/C14H15I3N2O2/c1-19(2,3)10(14(20)21)4-7-6-18-13-8(7)5-9(15)11(16)12(13)17/h5-6,10,18H,4H2,1-3H3/p+1. The predicted molar refractivity (Wildman–Crippen MR) is 110 cm³/mol. The SMILES string of the molecule is C[N+](C)(C)C(Cc1c[nH]c2c(I)c(I)c(I)cc12)C(=O)O. The first-order chi connectivity index (χ1) is 9.62. The topological polar surface area (TPSA) is 53.1 Å². The average molecular weight is 625 g/mol. The molecule has 4 nitrogen and oxygen atoms in total. The van der Waals surface area contributed by atoms with E-state index >= 15 is 0 Å². The Labute approximate surface area is 164 Å². The second-order valence-corrected chi connectivity index (χ2v) is 9.22. The first kappa shape index (κ1) is 17.7. The van der Waals surface area contributed by atoms with Crippen molar-refractivity contribution in [2.45, 2.75) is 12.5 Å². The summed E-state index contributed by atoms with van der Waals surface area (Å²) in [7, 11) is 5.76. The van der Waals surface area contributed by atoms with Gasteiger partial charge in [-0.2, -0.15) is 0 Å². The van der Waals surface area contributed by atoms with Gasteiger partial charge in [0.2, 0.25) is 0 Å². The molecule has 114 valence electrons. The van der Waals surface area contributed by atoms with E-state index in [1.165, 1.54) is 10.7 Å². The number of hydrogen-bond acceptors (Lipinski definition) is 1. The van der Waals surface area contributed by atoms with Crippen molar-refractivity contribution in [2.75, 3.05) is 21.1 Å². The molecule has 1 aromatic heterocycles. The van der Waals surface area contributed by atoms with Gasteiger partial charge in [0.1, 0.15) is 0 Å². The van der Waals surface area contributed by atoms with Crippen LogP contribution in [0.1, 0.15) is 5.56 Å². The highest BCUT2D eigenvalue weighted by Crippen LogP contribution is 2.32. The molecule has 7 heteroatoms. The van der Waals surface area contributed by atoms with Crippen LogP contribution in [0.5, 0.6) is 0 Å². The number of fused-ring (bicyclic) bond motifs is 1. The van der Waals surface area contributed by atoms with Gasteiger partial charge in [0.05, 0.1) is 30.2 Å². The van der Waals surface area contributed by atoms with Crippen LogP contribution in [0.2, 0.25) is 0 Å². The summed E-state index contributed by atoms with van der Waals surface area (Å²) in [5.41, 5.74) is 2.17. The van der Waals surface area contributed by atoms with Gasteiger partial charge in [-0.05, 0) is 79.4 Å². The van der Waals surface area contributed by atoms with Gasteiger partial charge < -0.3 is 14.6 Å². The Morgan fingerprint density at radius 3 is 2.43 bits per heavy atom. The molecule has 2 rings (SSSR count). The molecule has 0 bridgehead atoms. The molecule has 1 heterocycles. The molecule has 0 spiro atoms. The van der Waals surface area contributed by atoms with E-state index in [0.717, 1.165) is 16.5 Å². The van der Waals surface area contributed by atoms with Crippen LogP contribution in [-0.2, 0) is 11.2 Å². The molecule has 0 amide bonds. The van der Waals surface area contributed by atoms with Crippen LogP contribution in [-0.4, -0.2) is 47.7 Å². The van der Waals surface area contributed by atoms with E-state index in [0.29, 0.717) is 10.9 Å². The molecular weight excluding hydrogens is 609 g/mol. The number of rotatable bonds is 4. The number of nitrogens with zero attached hydrogens (tertiary/aromatic N) is 1. The first-order valence-corrected chi connectivity index (χ1v) is 9.54. The summed E-state index contributed by atoms with van der Waals surface area (Å²) >= 11 is 7.01. The summed E-state index contributed by atoms with van der Waals surface area (Å²) in [6, 6.07) is 1.68. The third kappa shape index (κ3) is 3.66. The largest absolute Gasteiger partial charge is 0.477 e. The van der Waals surface area contributed by atoms with Gasteiger partial charge in [0.15, 0.2) is 6.04 Å². The summed E-state index contributed by atoms with van der Waals surface area (Å²) in [6.07, 6.45) is 2.47. The van der Waals surface area contributed by atoms with Crippen molar-refractivity contribution in [1.29, 1.82) is 0 Å². The lowest BCUT2D eigenvalue weighted by Crippen LogP contribution is -2.51. The summed E-state index contributed by atoms with van der Waals surface area (Å²) in [6.45, 7) is 0. The Morgan fingerprint density at radius 1 is 1.29 bits per heavy atom. The Kier molecular flexibility index (Phi) is 5.47. The first-order valence-electron chi connectivity index (χ1n) is 6.30. The summed E-state index contributed by atoms with van der Waals surface area (Å²) in [5, 5.41) is 10.6. The molecule has 0 saturated carbocycles. The Bertz CT molecular complexity index is 704. The molecule has 0 aliphatic rings. The van der Waals surface area contributed by atoms with Crippen LogP contribution in [0.25, 0.3) is 10.9 Å². The fraction of sp³-hybridized carbons (Fsp3) is 0.357. The summed E-state index contributed by atoms with van der Waals surface area (Å²) in [5.74, 6) is -0.758. The van der Waals surface area contributed by atoms with Gasteiger partial charge >= 0.3 is 5.97 Å². The number of aliphatic carboxylic acids is 1. The lowest BCUT2D eigenvalue weighted by molar-refractivity contribution is -0.887. The van der Waals surface area contributed by atoms with Crippen LogP contribution in [0.4, 0.5) is 0 Å². The molecule has 1 aromatic carbocycles. The van der Waals surface area contributed by atoms with Gasteiger partial charge in [-0.1, -0.05) is 0 Å². The maximum atomic E-state index is 11.6. The van der Waals surface area contributed by atoms with Gasteiger partial charge in [0, 0.05) is 25.1 Å². The fourth-order valence-electron chi connectivity index (χ4n) is 2.30. The van der Waals surface area contributed by atoms with Crippen LogP contribution in [0.15, 0.2) is 12.3 Å². The zero-order chi connectivity index (χ0) is 15.9. The Balaban J connectivity index is 2.51. The van der Waals surface area contributed by atoms with E-state index < -0.39 is 12.0 Å². The number of likely N-dealkylation sites (N-methyl/N-ethyl adjacent to an activating group) is 1. The normalized spacial score (nSPS) is 13.6. The lowest BCUT2D eigenvalue weighted by atomic mass is 10.0. The second kappa shape index (κ2) is 6.48. The number of carbonyl (C=O) groups is 1. The average Bonchev–Trinajstić information content (AvgIpc) is 2.74. The molecule has 2 aromatic rings. The van der Waals surface area contributed by atoms with E-state index in [4.69, 9.17) is 0 Å². The number of aromatic amines is 1. The Hall–Kier alpha value is 0.380. The van der Waals surface area contributed by atoms with E-state index in [-0.39, 0.29) is 0 Å². The number of quaternary nitrogens is 1. The molecule has 2 N–H and O–H groups in total. The highest BCUT2D eigenvalue weighted by molar-refractivity contribution is 14.1. The highest BCUT2D eigenvalue weighted by Gasteiger charge is 2.32. The molecule has 1 unspecified atom stereocenters. The maximum Gasteiger partial charge on any atom is 0.362 e. The van der Waals surface area contributed by atoms with E-state index in [1.807, 2.05) is 27.3 Å². The molecule has 0 fully saturated rings. The number of hydrogen-bond donors (Lipinski definition) is 2. The fourth-order valence-corrected chi connectivity index (χ4v) is 4.56. The predicted octanol–water partition coefficient (Wildman–Crippen LogP) is 3.68. The maximum absolute atomic E-state index is 11.6. The molecule has 0 saturated heterocycles. The molecule has 1 atom stereocenters. The van der Waals surface area contributed by atoms with Crippen molar-refractivity contribution >= 4 is 84.6 Å². The molecule has 0 aliphatic carbocycles. The lowest BCUT2D eigenvalue weighted by Gasteiger charge is -2.31. The molecule has 0 aliphatic heterocycles. The van der Waals surface area contributed by atoms with Crippen molar-refractivity contribution in [1.82, 2.24) is 4.98 Å². The van der Waals surface area contributed by atoms with E-state index in [1.54, 1.807) is 0 Å². The molecule has 21 heavy (non-hydrogen) atoms. The number of halogens is 3. The third-order valence-electron chi connectivity index (χ3n) is 3.53. The number of nitrogens with one attached hydrogen (secondary N) is 1. The minimum Gasteiger partial charge on any atom is -0.477 e. The second-order valence-electron chi connectivity index (χ2n) is 5.90. The van der Waals surface area contributed by atoms with Crippen LogP contribution < -0.4 is 0 Å².